The Bertz CT molecular complexity index is 912. The second kappa shape index (κ2) is 7.90. The Balaban J connectivity index is 2.30. The van der Waals surface area contributed by atoms with Crippen molar-refractivity contribution in [1.82, 2.24) is 14.5 Å². The molecule has 26 heavy (non-hydrogen) atoms. The Hall–Kier alpha value is -2.35. The van der Waals surface area contributed by atoms with Crippen LogP contribution in [0.25, 0.3) is 0 Å². The molecule has 0 aliphatic heterocycles. The summed E-state index contributed by atoms with van der Waals surface area (Å²) in [5.41, 5.74) is 2.55. The van der Waals surface area contributed by atoms with Gasteiger partial charge >= 0.3 is 11.7 Å². The van der Waals surface area contributed by atoms with Crippen LogP contribution in [0.2, 0.25) is 0 Å². The van der Waals surface area contributed by atoms with Crippen molar-refractivity contribution in [2.45, 2.75) is 45.7 Å². The van der Waals surface area contributed by atoms with Crippen molar-refractivity contribution >= 4 is 23.5 Å². The van der Waals surface area contributed by atoms with Gasteiger partial charge in [0.1, 0.15) is 10.6 Å². The first kappa shape index (κ1) is 20.0. The molecule has 0 aliphatic rings. The molecule has 2 aromatic heterocycles. The van der Waals surface area contributed by atoms with Gasteiger partial charge in [0, 0.05) is 28.7 Å². The van der Waals surface area contributed by atoms with Crippen LogP contribution in [0.5, 0.6) is 0 Å². The van der Waals surface area contributed by atoms with Crippen LogP contribution >= 0.6 is 11.8 Å². The molecule has 2 heterocycles. The van der Waals surface area contributed by atoms with Crippen molar-refractivity contribution in [3.8, 4) is 0 Å². The van der Waals surface area contributed by atoms with Crippen molar-refractivity contribution in [2.75, 3.05) is 12.9 Å². The molecule has 8 heteroatoms. The number of aromatic nitrogens is 3. The molecule has 0 saturated carbocycles. The Labute approximate surface area is 156 Å². The van der Waals surface area contributed by atoms with Gasteiger partial charge < -0.3 is 14.3 Å². The van der Waals surface area contributed by atoms with Crippen LogP contribution in [-0.2, 0) is 4.74 Å². The average molecular weight is 377 g/mol. The van der Waals surface area contributed by atoms with Gasteiger partial charge in [-0.3, -0.25) is 4.79 Å². The maximum atomic E-state index is 12.7. The summed E-state index contributed by atoms with van der Waals surface area (Å²) in [5.74, 6) is -0.604. The highest BCUT2D eigenvalue weighted by Gasteiger charge is 2.21. The van der Waals surface area contributed by atoms with Gasteiger partial charge in [-0.25, -0.2) is 9.59 Å². The number of methoxy groups -OCH3 is 1. The van der Waals surface area contributed by atoms with Gasteiger partial charge in [0.15, 0.2) is 5.78 Å². The molecule has 0 bridgehead atoms. The van der Waals surface area contributed by atoms with Crippen molar-refractivity contribution in [2.24, 2.45) is 0 Å². The predicted octanol–water partition coefficient (Wildman–Crippen LogP) is 2.84. The molecular formula is C18H23N3O4S. The fourth-order valence-electron chi connectivity index (χ4n) is 3.07. The third-order valence-electron chi connectivity index (χ3n) is 4.12. The molecule has 0 amide bonds. The van der Waals surface area contributed by atoms with Gasteiger partial charge in [-0.2, -0.15) is 4.98 Å². The number of rotatable bonds is 6. The zero-order valence-electron chi connectivity index (χ0n) is 15.8. The van der Waals surface area contributed by atoms with E-state index in [9.17, 15) is 14.4 Å². The quantitative estimate of drug-likeness (QED) is 0.360. The van der Waals surface area contributed by atoms with E-state index in [1.54, 1.807) is 6.92 Å². The first-order chi connectivity index (χ1) is 12.2. The van der Waals surface area contributed by atoms with Gasteiger partial charge in [-0.15, -0.1) is 0 Å². The second-order valence-electron chi connectivity index (χ2n) is 6.30. The Morgan fingerprint density at radius 1 is 1.31 bits per heavy atom. The van der Waals surface area contributed by atoms with E-state index in [1.807, 2.05) is 19.9 Å². The summed E-state index contributed by atoms with van der Waals surface area (Å²) in [6.07, 6.45) is 0. The lowest BCUT2D eigenvalue weighted by molar-refractivity contribution is 0.0594. The molecule has 0 unspecified atom stereocenters. The highest BCUT2D eigenvalue weighted by molar-refractivity contribution is 8.00. The molecule has 1 N–H and O–H groups in total. The Kier molecular flexibility index (Phi) is 6.07. The SMILES string of the molecule is COC(=O)c1c(SCC(=O)c2cc(C)n(C(C)C)c2C)nc(=O)[nH]c1C. The number of nitrogens with one attached hydrogen (secondary N) is 1. The minimum Gasteiger partial charge on any atom is -0.465 e. The molecule has 140 valence electrons. The van der Waals surface area contributed by atoms with Crippen LogP contribution in [0.1, 0.15) is 57.7 Å². The summed E-state index contributed by atoms with van der Waals surface area (Å²) in [6.45, 7) is 9.61. The lowest BCUT2D eigenvalue weighted by Crippen LogP contribution is -2.19. The number of thioether (sulfide) groups is 1. The second-order valence-corrected chi connectivity index (χ2v) is 7.26. The number of nitrogens with zero attached hydrogens (tertiary/aromatic N) is 2. The van der Waals surface area contributed by atoms with Crippen LogP contribution < -0.4 is 5.69 Å². The first-order valence-electron chi connectivity index (χ1n) is 8.21. The van der Waals surface area contributed by atoms with Gasteiger partial charge in [0.05, 0.1) is 12.9 Å². The van der Waals surface area contributed by atoms with Crippen molar-refractivity contribution in [3.63, 3.8) is 0 Å². The predicted molar refractivity (Wildman–Crippen MR) is 100 cm³/mol. The lowest BCUT2D eigenvalue weighted by atomic mass is 10.2. The molecule has 0 aromatic carbocycles. The number of ether oxygens (including phenoxy) is 1. The largest absolute Gasteiger partial charge is 0.465 e. The number of hydrogen-bond acceptors (Lipinski definition) is 6. The molecule has 0 saturated heterocycles. The highest BCUT2D eigenvalue weighted by atomic mass is 32.2. The number of carbonyl (C=O) groups is 2. The number of aryl methyl sites for hydroxylation is 2. The summed E-state index contributed by atoms with van der Waals surface area (Å²) < 4.78 is 6.86. The maximum absolute atomic E-state index is 12.7. The van der Waals surface area contributed by atoms with Crippen LogP contribution in [0.4, 0.5) is 0 Å². The number of esters is 1. The number of aromatic amines is 1. The minimum absolute atomic E-state index is 0.0717. The molecule has 2 rings (SSSR count). The summed E-state index contributed by atoms with van der Waals surface area (Å²) in [4.78, 5) is 42.6. The topological polar surface area (TPSA) is 94.1 Å². The van der Waals surface area contributed by atoms with E-state index in [0.29, 0.717) is 11.3 Å². The van der Waals surface area contributed by atoms with E-state index in [-0.39, 0.29) is 28.2 Å². The fraction of sp³-hybridized carbons (Fsp3) is 0.444. The molecule has 0 radical (unpaired) electrons. The average Bonchev–Trinajstić information content (AvgIpc) is 2.86. The number of carbonyl (C=O) groups excluding carboxylic acids is 2. The van der Waals surface area contributed by atoms with Crippen molar-refractivity contribution < 1.29 is 14.3 Å². The smallest absolute Gasteiger partial charge is 0.346 e. The van der Waals surface area contributed by atoms with E-state index in [0.717, 1.165) is 23.1 Å². The van der Waals surface area contributed by atoms with Crippen molar-refractivity contribution in [3.05, 3.63) is 44.8 Å². The van der Waals surface area contributed by atoms with E-state index >= 15 is 0 Å². The fourth-order valence-corrected chi connectivity index (χ4v) is 4.02. The number of hydrogen-bond donors (Lipinski definition) is 1. The van der Waals surface area contributed by atoms with E-state index < -0.39 is 11.7 Å². The summed E-state index contributed by atoms with van der Waals surface area (Å²) in [5, 5.41) is 0.198. The number of ketones is 1. The van der Waals surface area contributed by atoms with Crippen LogP contribution in [0.15, 0.2) is 15.9 Å². The van der Waals surface area contributed by atoms with Gasteiger partial charge in [-0.05, 0) is 40.7 Å². The van der Waals surface area contributed by atoms with Crippen molar-refractivity contribution in [1.29, 1.82) is 0 Å². The monoisotopic (exact) mass is 377 g/mol. The van der Waals surface area contributed by atoms with Crippen LogP contribution in [-0.4, -0.2) is 39.2 Å². The third-order valence-corrected chi connectivity index (χ3v) is 5.09. The minimum atomic E-state index is -0.598. The number of H-pyrrole nitrogens is 1. The molecule has 0 fully saturated rings. The van der Waals surface area contributed by atoms with E-state index in [4.69, 9.17) is 4.74 Å². The van der Waals surface area contributed by atoms with Gasteiger partial charge in [0.2, 0.25) is 0 Å². The zero-order valence-corrected chi connectivity index (χ0v) is 16.6. The lowest BCUT2D eigenvalue weighted by Gasteiger charge is -2.13. The molecule has 7 nitrogen and oxygen atoms in total. The molecular weight excluding hydrogens is 354 g/mol. The number of Topliss-reactive ketones (excluding diaryl/α,β-unsaturated/α-hetero) is 1. The standard InChI is InChI=1S/C18H23N3O4S/c1-9(2)21-10(3)7-13(12(21)5)14(22)8-26-16-15(17(23)25-6)11(4)19-18(24)20-16/h7,9H,8H2,1-6H3,(H,19,20,24). The highest BCUT2D eigenvalue weighted by Crippen LogP contribution is 2.25. The maximum Gasteiger partial charge on any atom is 0.346 e. The first-order valence-corrected chi connectivity index (χ1v) is 9.19. The van der Waals surface area contributed by atoms with Gasteiger partial charge in [-0.1, -0.05) is 11.8 Å². The molecule has 0 spiro atoms. The molecule has 0 atom stereocenters. The summed E-state index contributed by atoms with van der Waals surface area (Å²) in [6, 6.07) is 2.13. The third kappa shape index (κ3) is 3.90. The summed E-state index contributed by atoms with van der Waals surface area (Å²) >= 11 is 1.06. The van der Waals surface area contributed by atoms with Crippen LogP contribution in [0, 0.1) is 20.8 Å². The van der Waals surface area contributed by atoms with E-state index in [2.05, 4.69) is 28.4 Å². The Morgan fingerprint density at radius 2 is 1.96 bits per heavy atom. The normalized spacial score (nSPS) is 11.0. The summed E-state index contributed by atoms with van der Waals surface area (Å²) in [7, 11) is 1.26. The zero-order chi connectivity index (χ0) is 19.6. The van der Waals surface area contributed by atoms with Crippen LogP contribution in [0.3, 0.4) is 0 Å². The van der Waals surface area contributed by atoms with E-state index in [1.165, 1.54) is 7.11 Å². The molecule has 2 aromatic rings. The Morgan fingerprint density at radius 3 is 2.50 bits per heavy atom. The van der Waals surface area contributed by atoms with Gasteiger partial charge in [0.25, 0.3) is 0 Å². The molecule has 0 aliphatic carbocycles.